The Morgan fingerprint density at radius 2 is 1.71 bits per heavy atom. The Balaban J connectivity index is 1.51. The number of hydrogen-bond acceptors (Lipinski definition) is 4. The standard InChI is InChI=1S/C20H21ClF3N3O3S/c21-17-5-2-6-18(14-17)26-8-10-27(11-9-26)31(29,30)12-7-25-19(28)15-3-1-4-16(13-15)20(22,23)24/h1-6,13-14H,7-12H2,(H,25,28). The van der Waals surface area contributed by atoms with Gasteiger partial charge in [-0.05, 0) is 36.4 Å². The van der Waals surface area contributed by atoms with Gasteiger partial charge < -0.3 is 10.2 Å². The Kier molecular flexibility index (Phi) is 7.13. The number of hydrogen-bond donors (Lipinski definition) is 1. The van der Waals surface area contributed by atoms with Crippen molar-refractivity contribution in [1.82, 2.24) is 9.62 Å². The third-order valence-corrected chi connectivity index (χ3v) is 7.01. The molecule has 0 aliphatic carbocycles. The highest BCUT2D eigenvalue weighted by atomic mass is 35.5. The second-order valence-electron chi connectivity index (χ2n) is 7.02. The van der Waals surface area contributed by atoms with E-state index in [-0.39, 0.29) is 31.0 Å². The van der Waals surface area contributed by atoms with Gasteiger partial charge in [0, 0.05) is 49.0 Å². The average molecular weight is 476 g/mol. The average Bonchev–Trinajstić information content (AvgIpc) is 2.73. The summed E-state index contributed by atoms with van der Waals surface area (Å²) >= 11 is 6.00. The summed E-state index contributed by atoms with van der Waals surface area (Å²) in [5.74, 6) is -1.10. The Morgan fingerprint density at radius 3 is 2.35 bits per heavy atom. The number of amides is 1. The van der Waals surface area contributed by atoms with Gasteiger partial charge in [-0.2, -0.15) is 17.5 Å². The Morgan fingerprint density at radius 1 is 1.03 bits per heavy atom. The molecule has 0 aromatic heterocycles. The minimum Gasteiger partial charge on any atom is -0.369 e. The first-order valence-electron chi connectivity index (χ1n) is 9.50. The van der Waals surface area contributed by atoms with Crippen molar-refractivity contribution in [2.24, 2.45) is 0 Å². The first-order valence-corrected chi connectivity index (χ1v) is 11.5. The van der Waals surface area contributed by atoms with E-state index in [9.17, 15) is 26.4 Å². The summed E-state index contributed by atoms with van der Waals surface area (Å²) in [5, 5.41) is 2.98. The van der Waals surface area contributed by atoms with Crippen LogP contribution in [0.15, 0.2) is 48.5 Å². The van der Waals surface area contributed by atoms with Crippen molar-refractivity contribution >= 4 is 33.2 Å². The van der Waals surface area contributed by atoms with Crippen LogP contribution in [0.25, 0.3) is 0 Å². The summed E-state index contributed by atoms with van der Waals surface area (Å²) in [6.07, 6.45) is -4.56. The molecule has 6 nitrogen and oxygen atoms in total. The van der Waals surface area contributed by atoms with Crippen molar-refractivity contribution in [2.75, 3.05) is 43.4 Å². The highest BCUT2D eigenvalue weighted by Gasteiger charge is 2.31. The van der Waals surface area contributed by atoms with Gasteiger partial charge in [-0.1, -0.05) is 23.7 Å². The van der Waals surface area contributed by atoms with E-state index in [0.717, 1.165) is 23.9 Å². The molecule has 31 heavy (non-hydrogen) atoms. The van der Waals surface area contributed by atoms with Crippen LogP contribution in [-0.2, 0) is 16.2 Å². The Hall–Kier alpha value is -2.30. The van der Waals surface area contributed by atoms with Gasteiger partial charge in [0.1, 0.15) is 0 Å². The third kappa shape index (κ3) is 6.11. The molecule has 1 aliphatic rings. The lowest BCUT2D eigenvalue weighted by molar-refractivity contribution is -0.137. The van der Waals surface area contributed by atoms with Gasteiger partial charge in [0.15, 0.2) is 0 Å². The third-order valence-electron chi connectivity index (χ3n) is 4.90. The number of piperazine rings is 1. The van der Waals surface area contributed by atoms with Crippen molar-refractivity contribution < 1.29 is 26.4 Å². The van der Waals surface area contributed by atoms with E-state index < -0.39 is 27.7 Å². The molecule has 168 valence electrons. The molecule has 1 N–H and O–H groups in total. The number of anilines is 1. The predicted octanol–water partition coefficient (Wildman–Crippen LogP) is 3.24. The van der Waals surface area contributed by atoms with Crippen molar-refractivity contribution in [3.05, 3.63) is 64.7 Å². The van der Waals surface area contributed by atoms with Crippen LogP contribution in [0.3, 0.4) is 0 Å². The number of nitrogens with zero attached hydrogens (tertiary/aromatic N) is 2. The predicted molar refractivity (Wildman–Crippen MR) is 113 cm³/mol. The zero-order valence-corrected chi connectivity index (χ0v) is 18.0. The summed E-state index contributed by atoms with van der Waals surface area (Å²) in [6.45, 7) is 1.37. The monoisotopic (exact) mass is 475 g/mol. The van der Waals surface area contributed by atoms with Crippen LogP contribution in [0.5, 0.6) is 0 Å². The van der Waals surface area contributed by atoms with E-state index in [1.807, 2.05) is 23.1 Å². The summed E-state index contributed by atoms with van der Waals surface area (Å²) in [6, 6.07) is 11.3. The zero-order valence-electron chi connectivity index (χ0n) is 16.4. The van der Waals surface area contributed by atoms with Crippen LogP contribution in [-0.4, -0.2) is 57.1 Å². The van der Waals surface area contributed by atoms with Crippen LogP contribution in [0.2, 0.25) is 5.02 Å². The normalized spacial score (nSPS) is 15.7. The first kappa shape index (κ1) is 23.4. The maximum atomic E-state index is 12.8. The van der Waals surface area contributed by atoms with Crippen LogP contribution < -0.4 is 10.2 Å². The van der Waals surface area contributed by atoms with Gasteiger partial charge in [-0.25, -0.2) is 8.42 Å². The van der Waals surface area contributed by atoms with Crippen LogP contribution in [0.4, 0.5) is 18.9 Å². The molecule has 1 saturated heterocycles. The molecule has 0 atom stereocenters. The number of carbonyl (C=O) groups is 1. The maximum Gasteiger partial charge on any atom is 0.416 e. The van der Waals surface area contributed by atoms with E-state index >= 15 is 0 Å². The van der Waals surface area contributed by atoms with Gasteiger partial charge in [-0.3, -0.25) is 4.79 Å². The second-order valence-corrected chi connectivity index (χ2v) is 9.54. The van der Waals surface area contributed by atoms with Crippen molar-refractivity contribution in [1.29, 1.82) is 0 Å². The highest BCUT2D eigenvalue weighted by molar-refractivity contribution is 7.89. The summed E-state index contributed by atoms with van der Waals surface area (Å²) in [5.41, 5.74) is -0.203. The first-order chi connectivity index (χ1) is 14.6. The van der Waals surface area contributed by atoms with Gasteiger partial charge in [0.05, 0.1) is 11.3 Å². The van der Waals surface area contributed by atoms with Crippen molar-refractivity contribution in [3.63, 3.8) is 0 Å². The van der Waals surface area contributed by atoms with Gasteiger partial charge in [-0.15, -0.1) is 0 Å². The molecule has 1 heterocycles. The highest BCUT2D eigenvalue weighted by Crippen LogP contribution is 2.29. The van der Waals surface area contributed by atoms with E-state index in [2.05, 4.69) is 5.32 Å². The van der Waals surface area contributed by atoms with Crippen LogP contribution in [0, 0.1) is 0 Å². The SMILES string of the molecule is O=C(NCCS(=O)(=O)N1CCN(c2cccc(Cl)c2)CC1)c1cccc(C(F)(F)F)c1. The lowest BCUT2D eigenvalue weighted by atomic mass is 10.1. The van der Waals surface area contributed by atoms with Gasteiger partial charge in [0.25, 0.3) is 5.91 Å². The minimum absolute atomic E-state index is 0.178. The summed E-state index contributed by atoms with van der Waals surface area (Å²) in [4.78, 5) is 14.1. The maximum absolute atomic E-state index is 12.8. The molecular weight excluding hydrogens is 455 g/mol. The quantitative estimate of drug-likeness (QED) is 0.696. The smallest absolute Gasteiger partial charge is 0.369 e. The fourth-order valence-electron chi connectivity index (χ4n) is 3.26. The number of alkyl halides is 3. The number of sulfonamides is 1. The van der Waals surface area contributed by atoms with Crippen molar-refractivity contribution in [3.8, 4) is 0 Å². The fourth-order valence-corrected chi connectivity index (χ4v) is 4.78. The number of carbonyl (C=O) groups excluding carboxylic acids is 1. The lowest BCUT2D eigenvalue weighted by Crippen LogP contribution is -2.50. The zero-order chi connectivity index (χ0) is 22.6. The molecule has 3 rings (SSSR count). The van der Waals surface area contributed by atoms with E-state index in [1.165, 1.54) is 10.4 Å². The molecule has 1 amide bonds. The summed E-state index contributed by atoms with van der Waals surface area (Å²) in [7, 11) is -3.62. The molecule has 0 spiro atoms. The molecule has 2 aromatic rings. The Bertz CT molecular complexity index is 1040. The molecule has 0 radical (unpaired) electrons. The summed E-state index contributed by atoms with van der Waals surface area (Å²) < 4.78 is 64.8. The largest absolute Gasteiger partial charge is 0.416 e. The molecule has 0 bridgehead atoms. The van der Waals surface area contributed by atoms with Gasteiger partial charge in [0.2, 0.25) is 10.0 Å². The minimum atomic E-state index is -4.56. The second kappa shape index (κ2) is 9.46. The number of benzene rings is 2. The topological polar surface area (TPSA) is 69.7 Å². The molecule has 0 unspecified atom stereocenters. The number of rotatable bonds is 6. The molecule has 11 heteroatoms. The number of halogens is 4. The molecular formula is C20H21ClF3N3O3S. The van der Waals surface area contributed by atoms with E-state index in [1.54, 1.807) is 6.07 Å². The lowest BCUT2D eigenvalue weighted by Gasteiger charge is -2.35. The number of nitrogens with one attached hydrogen (secondary N) is 1. The van der Waals surface area contributed by atoms with Crippen LogP contribution in [0.1, 0.15) is 15.9 Å². The fraction of sp³-hybridized carbons (Fsp3) is 0.350. The van der Waals surface area contributed by atoms with Crippen LogP contribution >= 0.6 is 11.6 Å². The van der Waals surface area contributed by atoms with Crippen molar-refractivity contribution in [2.45, 2.75) is 6.18 Å². The van der Waals surface area contributed by atoms with E-state index in [4.69, 9.17) is 11.6 Å². The molecule has 2 aromatic carbocycles. The molecule has 1 fully saturated rings. The van der Waals surface area contributed by atoms with E-state index in [0.29, 0.717) is 18.1 Å². The molecule has 0 saturated carbocycles. The Labute approximate surface area is 183 Å². The molecule has 1 aliphatic heterocycles. The van der Waals surface area contributed by atoms with Gasteiger partial charge >= 0.3 is 6.18 Å².